The van der Waals surface area contributed by atoms with Crippen LogP contribution >= 0.6 is 15.9 Å². The van der Waals surface area contributed by atoms with Gasteiger partial charge in [-0.25, -0.2) is 0 Å². The van der Waals surface area contributed by atoms with E-state index in [0.717, 1.165) is 5.89 Å². The molecule has 4 heteroatoms. The van der Waals surface area contributed by atoms with E-state index < -0.39 is 0 Å². The van der Waals surface area contributed by atoms with E-state index in [2.05, 4.69) is 26.1 Å². The molecule has 1 heterocycles. The molecule has 0 N–H and O–H groups in total. The molecule has 2 aliphatic rings. The summed E-state index contributed by atoms with van der Waals surface area (Å²) < 4.78 is 5.34. The van der Waals surface area contributed by atoms with Gasteiger partial charge < -0.3 is 4.42 Å². The van der Waals surface area contributed by atoms with Crippen molar-refractivity contribution in [2.24, 2.45) is 5.41 Å². The lowest BCUT2D eigenvalue weighted by Gasteiger charge is -2.53. The quantitative estimate of drug-likeness (QED) is 0.761. The lowest BCUT2D eigenvalue weighted by atomic mass is 9.52. The average molecular weight is 243 g/mol. The second-order valence-corrected chi connectivity index (χ2v) is 5.03. The third-order valence-electron chi connectivity index (χ3n) is 3.54. The number of halogens is 1. The predicted octanol–water partition coefficient (Wildman–Crippen LogP) is 2.88. The van der Waals surface area contributed by atoms with Gasteiger partial charge in [0.2, 0.25) is 5.89 Å². The van der Waals surface area contributed by atoms with Crippen LogP contribution in [0.3, 0.4) is 0 Å². The summed E-state index contributed by atoms with van der Waals surface area (Å²) in [5.74, 6) is 1.36. The Morgan fingerprint density at radius 1 is 1.31 bits per heavy atom. The Balaban J connectivity index is 1.70. The number of nitrogens with zero attached hydrogens (tertiary/aromatic N) is 2. The first-order valence-electron chi connectivity index (χ1n) is 4.76. The minimum absolute atomic E-state index is 0.511. The maximum atomic E-state index is 5.34. The number of hydrogen-bond donors (Lipinski definition) is 0. The molecule has 1 spiro atoms. The van der Waals surface area contributed by atoms with E-state index >= 15 is 0 Å². The molecule has 3 nitrogen and oxygen atoms in total. The van der Waals surface area contributed by atoms with Gasteiger partial charge in [0, 0.05) is 21.8 Å². The van der Waals surface area contributed by atoms with Crippen LogP contribution in [0.5, 0.6) is 0 Å². The van der Waals surface area contributed by atoms with E-state index in [1.54, 1.807) is 0 Å². The van der Waals surface area contributed by atoms with Crippen molar-refractivity contribution in [3.63, 3.8) is 0 Å². The third kappa shape index (κ3) is 1.15. The Morgan fingerprint density at radius 3 is 2.54 bits per heavy atom. The van der Waals surface area contributed by atoms with Crippen LogP contribution in [-0.2, 0) is 0 Å². The summed E-state index contributed by atoms with van der Waals surface area (Å²) in [4.78, 5) is 0.511. The van der Waals surface area contributed by atoms with Crippen molar-refractivity contribution in [2.45, 2.75) is 38.0 Å². The first-order valence-corrected chi connectivity index (χ1v) is 5.56. The summed E-state index contributed by atoms with van der Waals surface area (Å²) in [6.45, 7) is 0. The molecule has 0 unspecified atom stereocenters. The minimum Gasteiger partial charge on any atom is -0.415 e. The molecule has 0 amide bonds. The zero-order valence-electron chi connectivity index (χ0n) is 7.29. The maximum Gasteiger partial charge on any atom is 0.284 e. The standard InChI is InChI=1S/C9H11BrN2O/c10-8-12-11-7(13-8)6-4-9(5-6)2-1-3-9/h6H,1-5H2. The summed E-state index contributed by atoms with van der Waals surface area (Å²) in [7, 11) is 0. The van der Waals surface area contributed by atoms with Crippen molar-refractivity contribution in [3.05, 3.63) is 10.7 Å². The Labute approximate surface area is 85.0 Å². The smallest absolute Gasteiger partial charge is 0.284 e. The van der Waals surface area contributed by atoms with Crippen molar-refractivity contribution in [1.29, 1.82) is 0 Å². The highest BCUT2D eigenvalue weighted by atomic mass is 79.9. The Morgan fingerprint density at radius 2 is 2.08 bits per heavy atom. The van der Waals surface area contributed by atoms with Crippen LogP contribution in [0.2, 0.25) is 0 Å². The Bertz CT molecular complexity index is 324. The van der Waals surface area contributed by atoms with Crippen LogP contribution in [0.1, 0.15) is 43.9 Å². The number of rotatable bonds is 1. The second-order valence-electron chi connectivity index (χ2n) is 4.35. The Hall–Kier alpha value is -0.380. The molecule has 3 rings (SSSR count). The third-order valence-corrected chi connectivity index (χ3v) is 3.86. The van der Waals surface area contributed by atoms with Gasteiger partial charge in [0.25, 0.3) is 4.80 Å². The highest BCUT2D eigenvalue weighted by Gasteiger charge is 2.50. The maximum absolute atomic E-state index is 5.34. The predicted molar refractivity (Wildman–Crippen MR) is 50.3 cm³/mol. The van der Waals surface area contributed by atoms with Gasteiger partial charge in [-0.1, -0.05) is 6.42 Å². The largest absolute Gasteiger partial charge is 0.415 e. The van der Waals surface area contributed by atoms with Crippen LogP contribution < -0.4 is 0 Å². The van der Waals surface area contributed by atoms with Gasteiger partial charge in [-0.3, -0.25) is 0 Å². The van der Waals surface area contributed by atoms with Crippen molar-refractivity contribution in [3.8, 4) is 0 Å². The number of hydrogen-bond acceptors (Lipinski definition) is 3. The van der Waals surface area contributed by atoms with Gasteiger partial charge in [-0.2, -0.15) is 0 Å². The van der Waals surface area contributed by atoms with Crippen LogP contribution in [0.4, 0.5) is 0 Å². The molecule has 70 valence electrons. The molecule has 2 fully saturated rings. The topological polar surface area (TPSA) is 38.9 Å². The van der Waals surface area contributed by atoms with Crippen molar-refractivity contribution in [1.82, 2.24) is 10.2 Å². The molecule has 1 aromatic rings. The summed E-state index contributed by atoms with van der Waals surface area (Å²) >= 11 is 3.17. The van der Waals surface area contributed by atoms with E-state index in [-0.39, 0.29) is 0 Å². The lowest BCUT2D eigenvalue weighted by molar-refractivity contribution is -0.000184. The van der Waals surface area contributed by atoms with E-state index in [1.807, 2.05) is 0 Å². The van der Waals surface area contributed by atoms with Crippen molar-refractivity contribution < 1.29 is 4.42 Å². The molecule has 0 radical (unpaired) electrons. The summed E-state index contributed by atoms with van der Waals surface area (Å²) in [6, 6.07) is 0. The first kappa shape index (κ1) is 7.97. The van der Waals surface area contributed by atoms with Gasteiger partial charge in [-0.15, -0.1) is 10.2 Å². The van der Waals surface area contributed by atoms with Gasteiger partial charge in [-0.05, 0) is 31.1 Å². The summed E-state index contributed by atoms with van der Waals surface area (Å²) in [5, 5.41) is 7.81. The van der Waals surface area contributed by atoms with E-state index in [9.17, 15) is 0 Å². The fraction of sp³-hybridized carbons (Fsp3) is 0.778. The number of aromatic nitrogens is 2. The van der Waals surface area contributed by atoms with Gasteiger partial charge in [0.05, 0.1) is 0 Å². The molecule has 1 aromatic heterocycles. The van der Waals surface area contributed by atoms with Gasteiger partial charge in [0.1, 0.15) is 0 Å². The van der Waals surface area contributed by atoms with Crippen LogP contribution in [0, 0.1) is 5.41 Å². The van der Waals surface area contributed by atoms with Gasteiger partial charge >= 0.3 is 0 Å². The van der Waals surface area contributed by atoms with Crippen LogP contribution in [0.15, 0.2) is 9.22 Å². The molecule has 2 saturated carbocycles. The summed E-state index contributed by atoms with van der Waals surface area (Å²) in [6.07, 6.45) is 6.78. The van der Waals surface area contributed by atoms with Gasteiger partial charge in [0.15, 0.2) is 0 Å². The zero-order chi connectivity index (χ0) is 8.89. The fourth-order valence-electron chi connectivity index (χ4n) is 2.63. The highest BCUT2D eigenvalue weighted by molar-refractivity contribution is 9.10. The zero-order valence-corrected chi connectivity index (χ0v) is 8.88. The molecular formula is C9H11BrN2O. The minimum atomic E-state index is 0.511. The molecule has 0 aromatic carbocycles. The molecule has 0 saturated heterocycles. The van der Waals surface area contributed by atoms with E-state index in [1.165, 1.54) is 32.1 Å². The Kier molecular flexibility index (Phi) is 1.57. The summed E-state index contributed by atoms with van der Waals surface area (Å²) in [5.41, 5.74) is 0.686. The fourth-order valence-corrected chi connectivity index (χ4v) is 2.87. The van der Waals surface area contributed by atoms with Crippen LogP contribution in [-0.4, -0.2) is 10.2 Å². The second kappa shape index (κ2) is 2.56. The molecule has 0 bridgehead atoms. The molecule has 0 aliphatic heterocycles. The molecule has 0 atom stereocenters. The van der Waals surface area contributed by atoms with E-state index in [0.29, 0.717) is 16.1 Å². The van der Waals surface area contributed by atoms with Crippen molar-refractivity contribution >= 4 is 15.9 Å². The molecular weight excluding hydrogens is 232 g/mol. The van der Waals surface area contributed by atoms with Crippen LogP contribution in [0.25, 0.3) is 0 Å². The average Bonchev–Trinajstić information content (AvgIpc) is 2.29. The first-order chi connectivity index (χ1) is 6.27. The molecule has 13 heavy (non-hydrogen) atoms. The van der Waals surface area contributed by atoms with E-state index in [4.69, 9.17) is 4.42 Å². The lowest BCUT2D eigenvalue weighted by Crippen LogP contribution is -2.41. The SMILES string of the molecule is Brc1nnc(C2CC3(CCC3)C2)o1. The monoisotopic (exact) mass is 242 g/mol. The molecule has 2 aliphatic carbocycles. The van der Waals surface area contributed by atoms with Crippen molar-refractivity contribution in [2.75, 3.05) is 0 Å². The normalized spacial score (nSPS) is 25.6. The highest BCUT2D eigenvalue weighted by Crippen LogP contribution is 2.61.